The molecule has 0 saturated heterocycles. The van der Waals surface area contributed by atoms with Gasteiger partial charge in [0.15, 0.2) is 0 Å². The number of unbranched alkanes of at least 4 members (excludes halogenated alkanes) is 3. The van der Waals surface area contributed by atoms with E-state index in [1.54, 1.807) is 0 Å². The monoisotopic (exact) mass is 477 g/mol. The first-order chi connectivity index (χ1) is 17.2. The number of amides is 1. The molecule has 1 amide bonds. The first-order valence-corrected chi connectivity index (χ1v) is 13.6. The molecule has 1 N–H and O–H groups in total. The van der Waals surface area contributed by atoms with Crippen molar-refractivity contribution in [2.24, 2.45) is 5.92 Å². The SMILES string of the molecule is CCc1ccc(OCCCCn2c(CCCCCNC(=O)C(CC)CC)nc3ccccc32)cc1. The lowest BCUT2D eigenvalue weighted by molar-refractivity contribution is -0.125. The fourth-order valence-corrected chi connectivity index (χ4v) is 4.55. The summed E-state index contributed by atoms with van der Waals surface area (Å²) in [5, 5.41) is 3.10. The molecule has 5 heteroatoms. The fraction of sp³-hybridized carbons (Fsp3) is 0.533. The average Bonchev–Trinajstić information content (AvgIpc) is 3.24. The third kappa shape index (κ3) is 8.12. The Morgan fingerprint density at radius 3 is 2.46 bits per heavy atom. The number of hydrogen-bond donors (Lipinski definition) is 1. The molecule has 0 aliphatic rings. The third-order valence-corrected chi connectivity index (χ3v) is 6.84. The van der Waals surface area contributed by atoms with Crippen molar-refractivity contribution < 1.29 is 9.53 Å². The molecule has 0 fully saturated rings. The number of benzene rings is 2. The first-order valence-electron chi connectivity index (χ1n) is 13.6. The Hall–Kier alpha value is -2.82. The second-order valence-corrected chi connectivity index (χ2v) is 9.34. The maximum atomic E-state index is 12.1. The third-order valence-electron chi connectivity index (χ3n) is 6.84. The van der Waals surface area contributed by atoms with E-state index in [1.807, 2.05) is 0 Å². The van der Waals surface area contributed by atoms with Gasteiger partial charge in [-0.1, -0.05) is 51.5 Å². The van der Waals surface area contributed by atoms with Gasteiger partial charge in [0, 0.05) is 25.4 Å². The van der Waals surface area contributed by atoms with E-state index in [-0.39, 0.29) is 11.8 Å². The van der Waals surface area contributed by atoms with E-state index in [4.69, 9.17) is 9.72 Å². The molecule has 1 heterocycles. The largest absolute Gasteiger partial charge is 0.494 e. The van der Waals surface area contributed by atoms with Gasteiger partial charge < -0.3 is 14.6 Å². The Balaban J connectivity index is 1.43. The molecule has 1 aromatic heterocycles. The maximum absolute atomic E-state index is 12.1. The molecule has 2 aromatic carbocycles. The van der Waals surface area contributed by atoms with Crippen molar-refractivity contribution in [2.75, 3.05) is 13.2 Å². The molecule has 190 valence electrons. The van der Waals surface area contributed by atoms with E-state index in [9.17, 15) is 4.79 Å². The minimum absolute atomic E-state index is 0.155. The van der Waals surface area contributed by atoms with Crippen molar-refractivity contribution in [3.05, 3.63) is 59.9 Å². The zero-order chi connectivity index (χ0) is 24.9. The summed E-state index contributed by atoms with van der Waals surface area (Å²) < 4.78 is 8.33. The molecule has 0 bridgehead atoms. The van der Waals surface area contributed by atoms with Gasteiger partial charge in [-0.25, -0.2) is 4.98 Å². The molecular formula is C30H43N3O2. The van der Waals surface area contributed by atoms with Gasteiger partial charge in [-0.15, -0.1) is 0 Å². The minimum atomic E-state index is 0.155. The van der Waals surface area contributed by atoms with Gasteiger partial charge in [0.05, 0.1) is 17.6 Å². The molecular weight excluding hydrogens is 434 g/mol. The predicted octanol–water partition coefficient (Wildman–Crippen LogP) is 6.72. The van der Waals surface area contributed by atoms with Crippen LogP contribution in [0.1, 0.15) is 77.1 Å². The summed E-state index contributed by atoms with van der Waals surface area (Å²) in [4.78, 5) is 17.1. The molecule has 3 aromatic rings. The van der Waals surface area contributed by atoms with Crippen LogP contribution in [0.3, 0.4) is 0 Å². The van der Waals surface area contributed by atoms with E-state index in [1.165, 1.54) is 16.9 Å². The quantitative estimate of drug-likeness (QED) is 0.233. The van der Waals surface area contributed by atoms with Gasteiger partial charge in [0.1, 0.15) is 11.6 Å². The van der Waals surface area contributed by atoms with Crippen LogP contribution in [0.4, 0.5) is 0 Å². The summed E-state index contributed by atoms with van der Waals surface area (Å²) in [6.07, 6.45) is 9.11. The first kappa shape index (κ1) is 26.8. The Morgan fingerprint density at radius 2 is 1.71 bits per heavy atom. The lowest BCUT2D eigenvalue weighted by atomic mass is 10.0. The van der Waals surface area contributed by atoms with Crippen molar-refractivity contribution in [3.63, 3.8) is 0 Å². The van der Waals surface area contributed by atoms with Crippen LogP contribution in [0.25, 0.3) is 11.0 Å². The zero-order valence-corrected chi connectivity index (χ0v) is 21.9. The lowest BCUT2D eigenvalue weighted by Gasteiger charge is -2.12. The number of aromatic nitrogens is 2. The Labute approximate surface area is 211 Å². The standard InChI is InChI=1S/C30H43N3O2/c1-4-24-17-19-26(20-18-24)35-23-13-12-22-33-28-15-10-9-14-27(28)32-29(33)16-8-7-11-21-31-30(34)25(5-2)6-3/h9-10,14-15,17-20,25H,4-8,11-13,16,21-23H2,1-3H3,(H,31,34). The smallest absolute Gasteiger partial charge is 0.223 e. The van der Waals surface area contributed by atoms with Crippen molar-refractivity contribution in [1.29, 1.82) is 0 Å². The van der Waals surface area contributed by atoms with Crippen LogP contribution in [0, 0.1) is 5.92 Å². The van der Waals surface area contributed by atoms with Crippen molar-refractivity contribution in [1.82, 2.24) is 14.9 Å². The minimum Gasteiger partial charge on any atom is -0.494 e. The number of ether oxygens (including phenoxy) is 1. The summed E-state index contributed by atoms with van der Waals surface area (Å²) >= 11 is 0. The maximum Gasteiger partial charge on any atom is 0.223 e. The van der Waals surface area contributed by atoms with Gasteiger partial charge in [0.2, 0.25) is 5.91 Å². The highest BCUT2D eigenvalue weighted by Gasteiger charge is 2.13. The summed E-state index contributed by atoms with van der Waals surface area (Å²) in [5.41, 5.74) is 3.63. The summed E-state index contributed by atoms with van der Waals surface area (Å²) in [5.74, 6) is 2.48. The molecule has 3 rings (SSSR count). The number of nitrogens with one attached hydrogen (secondary N) is 1. The van der Waals surface area contributed by atoms with E-state index in [0.717, 1.165) is 88.8 Å². The van der Waals surface area contributed by atoms with Crippen LogP contribution in [0.2, 0.25) is 0 Å². The van der Waals surface area contributed by atoms with Gasteiger partial charge in [-0.3, -0.25) is 4.79 Å². The number of aryl methyl sites for hydroxylation is 3. The second kappa shape index (κ2) is 14.6. The van der Waals surface area contributed by atoms with E-state index in [2.05, 4.69) is 79.2 Å². The Bertz CT molecular complexity index is 1020. The highest BCUT2D eigenvalue weighted by atomic mass is 16.5. The van der Waals surface area contributed by atoms with E-state index < -0.39 is 0 Å². The fourth-order valence-electron chi connectivity index (χ4n) is 4.55. The second-order valence-electron chi connectivity index (χ2n) is 9.34. The Kier molecular flexibility index (Phi) is 11.1. The van der Waals surface area contributed by atoms with Crippen LogP contribution in [-0.2, 0) is 24.2 Å². The number of carbonyl (C=O) groups excluding carboxylic acids is 1. The number of imidazole rings is 1. The molecule has 0 saturated carbocycles. The van der Waals surface area contributed by atoms with Crippen molar-refractivity contribution >= 4 is 16.9 Å². The molecule has 0 atom stereocenters. The molecule has 0 aliphatic carbocycles. The van der Waals surface area contributed by atoms with E-state index in [0.29, 0.717) is 0 Å². The van der Waals surface area contributed by atoms with Crippen LogP contribution < -0.4 is 10.1 Å². The summed E-state index contributed by atoms with van der Waals surface area (Å²) in [6.45, 7) is 8.79. The molecule has 0 aliphatic heterocycles. The highest BCUT2D eigenvalue weighted by molar-refractivity contribution is 5.78. The van der Waals surface area contributed by atoms with Crippen molar-refractivity contribution in [3.8, 4) is 5.75 Å². The molecule has 35 heavy (non-hydrogen) atoms. The van der Waals surface area contributed by atoms with Crippen LogP contribution in [-0.4, -0.2) is 28.6 Å². The number of para-hydroxylation sites is 2. The Morgan fingerprint density at radius 1 is 0.943 bits per heavy atom. The summed E-state index contributed by atoms with van der Waals surface area (Å²) in [7, 11) is 0. The topological polar surface area (TPSA) is 56.1 Å². The highest BCUT2D eigenvalue weighted by Crippen LogP contribution is 2.19. The van der Waals surface area contributed by atoms with Crippen LogP contribution >= 0.6 is 0 Å². The van der Waals surface area contributed by atoms with Crippen molar-refractivity contribution in [2.45, 2.75) is 85.1 Å². The average molecular weight is 478 g/mol. The van der Waals surface area contributed by atoms with Gasteiger partial charge in [0.25, 0.3) is 0 Å². The summed E-state index contributed by atoms with van der Waals surface area (Å²) in [6, 6.07) is 16.8. The van der Waals surface area contributed by atoms with E-state index >= 15 is 0 Å². The number of fused-ring (bicyclic) bond motifs is 1. The zero-order valence-electron chi connectivity index (χ0n) is 21.9. The van der Waals surface area contributed by atoms with Crippen LogP contribution in [0.5, 0.6) is 5.75 Å². The lowest BCUT2D eigenvalue weighted by Crippen LogP contribution is -2.30. The molecule has 0 unspecified atom stereocenters. The normalized spacial score (nSPS) is 11.3. The number of carbonyl (C=O) groups is 1. The molecule has 0 radical (unpaired) electrons. The van der Waals surface area contributed by atoms with Gasteiger partial charge in [-0.2, -0.15) is 0 Å². The molecule has 0 spiro atoms. The molecule has 5 nitrogen and oxygen atoms in total. The predicted molar refractivity (Wildman–Crippen MR) is 145 cm³/mol. The number of hydrogen-bond acceptors (Lipinski definition) is 3. The number of nitrogens with zero attached hydrogens (tertiary/aromatic N) is 2. The van der Waals surface area contributed by atoms with Crippen LogP contribution in [0.15, 0.2) is 48.5 Å². The number of rotatable bonds is 16. The van der Waals surface area contributed by atoms with Gasteiger partial charge >= 0.3 is 0 Å². The van der Waals surface area contributed by atoms with Gasteiger partial charge in [-0.05, 0) is 74.8 Å².